The second-order valence-electron chi connectivity index (χ2n) is 4.63. The summed E-state index contributed by atoms with van der Waals surface area (Å²) in [5, 5.41) is 0. The Morgan fingerprint density at radius 2 is 2.40 bits per heavy atom. The molecule has 106 valence electrons. The molecule has 2 heterocycles. The highest BCUT2D eigenvalue weighted by Gasteiger charge is 2.21. The van der Waals surface area contributed by atoms with Crippen molar-refractivity contribution < 1.29 is 14.3 Å². The van der Waals surface area contributed by atoms with Gasteiger partial charge in [0.2, 0.25) is 0 Å². The van der Waals surface area contributed by atoms with Gasteiger partial charge in [-0.05, 0) is 18.6 Å². The Bertz CT molecular complexity index is 652. The number of primary amides is 1. The maximum atomic E-state index is 10.8. The van der Waals surface area contributed by atoms with Crippen LogP contribution in [0.1, 0.15) is 12.2 Å². The third-order valence-electron chi connectivity index (χ3n) is 3.32. The van der Waals surface area contributed by atoms with Crippen LogP contribution in [-0.4, -0.2) is 28.4 Å². The molecule has 1 fully saturated rings. The van der Waals surface area contributed by atoms with Crippen molar-refractivity contribution in [1.29, 1.82) is 0 Å². The minimum atomic E-state index is -0.843. The van der Waals surface area contributed by atoms with E-state index in [1.807, 2.05) is 10.6 Å². The van der Waals surface area contributed by atoms with E-state index in [0.717, 1.165) is 36.4 Å². The lowest BCUT2D eigenvalue weighted by molar-refractivity contribution is -0.0589. The number of nitrogens with zero attached hydrogens (tertiary/aromatic N) is 2. The first-order valence-corrected chi connectivity index (χ1v) is 6.85. The number of amides is 1. The van der Waals surface area contributed by atoms with Crippen LogP contribution in [0.25, 0.3) is 11.0 Å². The predicted molar refractivity (Wildman–Crippen MR) is 73.9 cm³/mol. The van der Waals surface area contributed by atoms with E-state index in [9.17, 15) is 4.79 Å². The molecule has 0 saturated carbocycles. The standard InChI is InChI=1S/C13H14ClN3O3/c14-6-12-16-10-5-8(20-13(15)18)1-2-11(10)17(12)7-9-3-4-19-9/h1-2,5,9H,3-4,6-7H2,(H2,15,18)/t9-/m0/s1. The molecule has 0 aliphatic carbocycles. The van der Waals surface area contributed by atoms with Gasteiger partial charge in [-0.3, -0.25) is 0 Å². The number of fused-ring (bicyclic) bond motifs is 1. The van der Waals surface area contributed by atoms with E-state index in [1.54, 1.807) is 12.1 Å². The number of aromatic nitrogens is 2. The number of halogens is 1. The summed E-state index contributed by atoms with van der Waals surface area (Å²) in [7, 11) is 0. The molecule has 1 saturated heterocycles. The molecule has 2 aromatic rings. The van der Waals surface area contributed by atoms with Crippen LogP contribution >= 0.6 is 11.6 Å². The van der Waals surface area contributed by atoms with E-state index < -0.39 is 6.09 Å². The second-order valence-corrected chi connectivity index (χ2v) is 4.89. The molecule has 3 rings (SSSR count). The summed E-state index contributed by atoms with van der Waals surface area (Å²) in [6.45, 7) is 1.54. The first-order valence-electron chi connectivity index (χ1n) is 6.31. The average Bonchev–Trinajstić information content (AvgIpc) is 2.70. The van der Waals surface area contributed by atoms with Crippen molar-refractivity contribution in [3.63, 3.8) is 0 Å². The highest BCUT2D eigenvalue weighted by molar-refractivity contribution is 6.16. The summed E-state index contributed by atoms with van der Waals surface area (Å²) in [6, 6.07) is 5.20. The van der Waals surface area contributed by atoms with Gasteiger partial charge < -0.3 is 19.8 Å². The number of hydrogen-bond donors (Lipinski definition) is 1. The van der Waals surface area contributed by atoms with Crippen LogP contribution in [0.4, 0.5) is 4.79 Å². The van der Waals surface area contributed by atoms with Crippen molar-refractivity contribution in [3.05, 3.63) is 24.0 Å². The molecule has 0 unspecified atom stereocenters. The number of carbonyl (C=O) groups is 1. The third kappa shape index (κ3) is 2.44. The molecule has 7 heteroatoms. The zero-order chi connectivity index (χ0) is 14.1. The molecular weight excluding hydrogens is 282 g/mol. The van der Waals surface area contributed by atoms with Crippen molar-refractivity contribution in [2.75, 3.05) is 6.61 Å². The van der Waals surface area contributed by atoms with Gasteiger partial charge in [-0.25, -0.2) is 9.78 Å². The molecule has 0 bridgehead atoms. The number of benzene rings is 1. The van der Waals surface area contributed by atoms with Gasteiger partial charge in [0.15, 0.2) is 0 Å². The monoisotopic (exact) mass is 295 g/mol. The minimum Gasteiger partial charge on any atom is -0.410 e. The highest BCUT2D eigenvalue weighted by atomic mass is 35.5. The van der Waals surface area contributed by atoms with Gasteiger partial charge >= 0.3 is 6.09 Å². The number of ether oxygens (including phenoxy) is 2. The van der Waals surface area contributed by atoms with Crippen molar-refractivity contribution in [2.24, 2.45) is 5.73 Å². The Morgan fingerprint density at radius 1 is 1.60 bits per heavy atom. The van der Waals surface area contributed by atoms with Crippen LogP contribution in [-0.2, 0) is 17.2 Å². The Kier molecular flexibility index (Phi) is 3.50. The summed E-state index contributed by atoms with van der Waals surface area (Å²) in [5.41, 5.74) is 6.66. The van der Waals surface area contributed by atoms with Crippen LogP contribution in [0.2, 0.25) is 0 Å². The molecule has 1 aromatic carbocycles. The quantitative estimate of drug-likeness (QED) is 0.875. The molecule has 1 aromatic heterocycles. The third-order valence-corrected chi connectivity index (χ3v) is 3.56. The normalized spacial score (nSPS) is 17.9. The molecule has 20 heavy (non-hydrogen) atoms. The van der Waals surface area contributed by atoms with E-state index >= 15 is 0 Å². The van der Waals surface area contributed by atoms with Crippen LogP contribution in [0, 0.1) is 0 Å². The number of hydrogen-bond acceptors (Lipinski definition) is 4. The van der Waals surface area contributed by atoms with Crippen molar-refractivity contribution in [3.8, 4) is 5.75 Å². The minimum absolute atomic E-state index is 0.218. The summed E-state index contributed by atoms with van der Waals surface area (Å²) in [5.74, 6) is 1.46. The topological polar surface area (TPSA) is 79.4 Å². The predicted octanol–water partition coefficient (Wildman–Crippen LogP) is 2.02. The molecule has 1 aliphatic heterocycles. The van der Waals surface area contributed by atoms with Crippen LogP contribution < -0.4 is 10.5 Å². The zero-order valence-corrected chi connectivity index (χ0v) is 11.5. The Balaban J connectivity index is 1.97. The number of alkyl halides is 1. The van der Waals surface area contributed by atoms with Gasteiger partial charge in [-0.15, -0.1) is 11.6 Å². The summed E-state index contributed by atoms with van der Waals surface area (Å²) in [6.07, 6.45) is 0.421. The fourth-order valence-electron chi connectivity index (χ4n) is 2.28. The molecule has 1 amide bonds. The molecule has 1 atom stereocenters. The molecule has 0 radical (unpaired) electrons. The summed E-state index contributed by atoms with van der Waals surface area (Å²) < 4.78 is 12.3. The van der Waals surface area contributed by atoms with E-state index in [4.69, 9.17) is 26.8 Å². The number of rotatable bonds is 4. The lowest BCUT2D eigenvalue weighted by atomic mass is 10.2. The van der Waals surface area contributed by atoms with Gasteiger partial charge in [0.1, 0.15) is 11.6 Å². The Hall–Kier alpha value is -1.79. The van der Waals surface area contributed by atoms with Gasteiger partial charge in [-0.2, -0.15) is 0 Å². The maximum absolute atomic E-state index is 10.8. The van der Waals surface area contributed by atoms with E-state index in [2.05, 4.69) is 4.98 Å². The Morgan fingerprint density at radius 3 is 3.00 bits per heavy atom. The summed E-state index contributed by atoms with van der Waals surface area (Å²) in [4.78, 5) is 15.2. The molecule has 6 nitrogen and oxygen atoms in total. The smallest absolute Gasteiger partial charge is 0.409 e. The molecule has 0 spiro atoms. The Labute approximate surface area is 120 Å². The lowest BCUT2D eigenvalue weighted by Crippen LogP contribution is -2.31. The number of carbonyl (C=O) groups excluding carboxylic acids is 1. The van der Waals surface area contributed by atoms with Gasteiger partial charge in [0, 0.05) is 12.7 Å². The van der Waals surface area contributed by atoms with Crippen LogP contribution in [0.5, 0.6) is 5.75 Å². The molecule has 1 aliphatic rings. The lowest BCUT2D eigenvalue weighted by Gasteiger charge is -2.27. The van der Waals surface area contributed by atoms with Gasteiger partial charge in [0.05, 0.1) is 29.6 Å². The SMILES string of the molecule is NC(=O)Oc1ccc2c(c1)nc(CCl)n2C[C@@H]1CCO1. The fourth-order valence-corrected chi connectivity index (χ4v) is 2.48. The second kappa shape index (κ2) is 5.30. The highest BCUT2D eigenvalue weighted by Crippen LogP contribution is 2.25. The first kappa shape index (κ1) is 13.2. The van der Waals surface area contributed by atoms with Gasteiger partial charge in [0.25, 0.3) is 0 Å². The largest absolute Gasteiger partial charge is 0.410 e. The van der Waals surface area contributed by atoms with E-state index in [0.29, 0.717) is 11.6 Å². The average molecular weight is 296 g/mol. The zero-order valence-electron chi connectivity index (χ0n) is 10.7. The molecule has 2 N–H and O–H groups in total. The maximum Gasteiger partial charge on any atom is 0.409 e. The van der Waals surface area contributed by atoms with Crippen molar-refractivity contribution in [2.45, 2.75) is 24.9 Å². The first-order chi connectivity index (χ1) is 9.67. The van der Waals surface area contributed by atoms with Crippen molar-refractivity contribution >= 4 is 28.7 Å². The van der Waals surface area contributed by atoms with E-state index in [-0.39, 0.29) is 6.10 Å². The fraction of sp³-hybridized carbons (Fsp3) is 0.385. The number of nitrogens with two attached hydrogens (primary N) is 1. The van der Waals surface area contributed by atoms with Crippen LogP contribution in [0.3, 0.4) is 0 Å². The van der Waals surface area contributed by atoms with Crippen molar-refractivity contribution in [1.82, 2.24) is 9.55 Å². The van der Waals surface area contributed by atoms with Gasteiger partial charge in [-0.1, -0.05) is 0 Å². The molecular formula is C13H14ClN3O3. The number of imidazole rings is 1. The van der Waals surface area contributed by atoms with E-state index in [1.165, 1.54) is 0 Å². The summed E-state index contributed by atoms with van der Waals surface area (Å²) >= 11 is 5.94. The van der Waals surface area contributed by atoms with Crippen LogP contribution in [0.15, 0.2) is 18.2 Å².